The van der Waals surface area contributed by atoms with Crippen molar-refractivity contribution in [2.24, 2.45) is 41.5 Å². The van der Waals surface area contributed by atoms with E-state index in [1.807, 2.05) is 74.5 Å². The Morgan fingerprint density at radius 1 is 0.576 bits per heavy atom. The molecule has 2 aromatic heterocycles. The number of fused-ring (bicyclic) bond motifs is 5. The van der Waals surface area contributed by atoms with Crippen molar-refractivity contribution in [3.05, 3.63) is 114 Å². The van der Waals surface area contributed by atoms with Crippen molar-refractivity contribution in [2.45, 2.75) is 73.3 Å². The molecule has 4 aliphatic rings. The minimum atomic E-state index is -0.612. The molecular weight excluding hydrogens is 753 g/mol. The van der Waals surface area contributed by atoms with Crippen LogP contribution in [0.3, 0.4) is 0 Å². The van der Waals surface area contributed by atoms with Crippen LogP contribution in [0.4, 0.5) is 0 Å². The molecule has 0 N–H and O–H groups in total. The number of ether oxygens (including phenoxy) is 1. The molecule has 2 saturated heterocycles. The molecule has 5 unspecified atom stereocenters. The Morgan fingerprint density at radius 2 is 0.983 bits per heavy atom. The van der Waals surface area contributed by atoms with E-state index in [0.717, 1.165) is 51.5 Å². The third kappa shape index (κ3) is 7.82. The first-order valence-corrected chi connectivity index (χ1v) is 20.2. The van der Waals surface area contributed by atoms with Crippen LogP contribution in [-0.2, 0) is 32.8 Å². The van der Waals surface area contributed by atoms with Crippen LogP contribution in [0.1, 0.15) is 66.7 Å². The van der Waals surface area contributed by atoms with Crippen LogP contribution >= 0.6 is 0 Å². The number of amides is 4. The Balaban J connectivity index is 0.000000157. The van der Waals surface area contributed by atoms with Gasteiger partial charge in [0.1, 0.15) is 11.5 Å². The van der Waals surface area contributed by atoms with E-state index >= 15 is 0 Å². The van der Waals surface area contributed by atoms with Crippen molar-refractivity contribution in [3.63, 3.8) is 0 Å². The Hall–Kier alpha value is -5.98. The number of imide groups is 2. The lowest BCUT2D eigenvalue weighted by molar-refractivity contribution is -0.142. The molecule has 5 atom stereocenters. The van der Waals surface area contributed by atoms with Crippen LogP contribution < -0.4 is 27.0 Å². The largest absolute Gasteiger partial charge is 0.457 e. The fourth-order valence-electron chi connectivity index (χ4n) is 9.63. The van der Waals surface area contributed by atoms with E-state index < -0.39 is 34.8 Å². The topological polar surface area (TPSA) is 162 Å². The Morgan fingerprint density at radius 3 is 1.39 bits per heavy atom. The SMILES string of the molecule is CC.CN1C(=O)C2CC3C(=O)N(C)C(=O)C3C2C1=O.Cn1c(=O)c2cc3c(=O)n(CC4(C)CCCC(C)(C)C4)c(=O)c3cc2c1=O.c1ccc(Oc2ccccc2)cc1. The number of carbonyl (C=O) groups is 4. The number of aromatic nitrogens is 2. The highest BCUT2D eigenvalue weighted by Crippen LogP contribution is 2.51. The highest BCUT2D eigenvalue weighted by molar-refractivity contribution is 6.13. The molecule has 13 nitrogen and oxygen atoms in total. The molecule has 3 aromatic carbocycles. The summed E-state index contributed by atoms with van der Waals surface area (Å²) in [5.41, 5.74) is -1.52. The molecule has 59 heavy (non-hydrogen) atoms. The molecule has 0 spiro atoms. The predicted molar refractivity (Wildman–Crippen MR) is 225 cm³/mol. The molecule has 13 heteroatoms. The number of nitrogens with zero attached hydrogens (tertiary/aromatic N) is 4. The van der Waals surface area contributed by atoms with Gasteiger partial charge in [0.2, 0.25) is 23.6 Å². The van der Waals surface area contributed by atoms with E-state index in [9.17, 15) is 38.4 Å². The molecule has 9 rings (SSSR count). The van der Waals surface area contributed by atoms with Crippen molar-refractivity contribution in [1.82, 2.24) is 18.9 Å². The molecule has 0 bridgehead atoms. The van der Waals surface area contributed by atoms with Gasteiger partial charge >= 0.3 is 0 Å². The van der Waals surface area contributed by atoms with Gasteiger partial charge in [0.05, 0.1) is 45.2 Å². The molecule has 4 fully saturated rings. The molecular formula is C46H52N4O9. The molecule has 4 heterocycles. The van der Waals surface area contributed by atoms with Gasteiger partial charge in [-0.25, -0.2) is 0 Å². The second-order valence-corrected chi connectivity index (χ2v) is 17.0. The first kappa shape index (κ1) is 42.6. The lowest BCUT2D eigenvalue weighted by Crippen LogP contribution is -2.39. The maximum atomic E-state index is 12.9. The zero-order valence-corrected chi connectivity index (χ0v) is 34.9. The summed E-state index contributed by atoms with van der Waals surface area (Å²) in [5, 5.41) is 0.867. The fraction of sp³-hybridized carbons (Fsp3) is 0.435. The number of hydrogen-bond acceptors (Lipinski definition) is 9. The highest BCUT2D eigenvalue weighted by Gasteiger charge is 2.64. The van der Waals surface area contributed by atoms with E-state index in [1.165, 1.54) is 37.8 Å². The summed E-state index contributed by atoms with van der Waals surface area (Å²) in [4.78, 5) is 99.9. The lowest BCUT2D eigenvalue weighted by atomic mass is 9.64. The predicted octanol–water partition coefficient (Wildman–Crippen LogP) is 5.41. The summed E-state index contributed by atoms with van der Waals surface area (Å²) in [6.07, 6.45) is 4.48. The van der Waals surface area contributed by atoms with Crippen molar-refractivity contribution in [1.29, 1.82) is 0 Å². The summed E-state index contributed by atoms with van der Waals surface area (Å²) in [5.74, 6) is -1.56. The number of rotatable bonds is 4. The zero-order valence-electron chi connectivity index (χ0n) is 34.9. The summed E-state index contributed by atoms with van der Waals surface area (Å²) >= 11 is 0. The third-order valence-electron chi connectivity index (χ3n) is 12.3. The van der Waals surface area contributed by atoms with Gasteiger partial charge in [0.15, 0.2) is 0 Å². The molecule has 2 saturated carbocycles. The van der Waals surface area contributed by atoms with E-state index in [0.29, 0.717) is 13.0 Å². The molecule has 2 aliphatic carbocycles. The Labute approximate surface area is 341 Å². The minimum Gasteiger partial charge on any atom is -0.457 e. The van der Waals surface area contributed by atoms with Crippen molar-refractivity contribution in [2.75, 3.05) is 14.1 Å². The Kier molecular flexibility index (Phi) is 11.8. The number of carbonyl (C=O) groups excluding carboxylic acids is 4. The molecule has 4 amide bonds. The molecule has 2 aliphatic heterocycles. The summed E-state index contributed by atoms with van der Waals surface area (Å²) in [6, 6.07) is 22.4. The van der Waals surface area contributed by atoms with Crippen LogP contribution in [0.15, 0.2) is 92.0 Å². The quantitative estimate of drug-likeness (QED) is 0.216. The van der Waals surface area contributed by atoms with Crippen molar-refractivity contribution < 1.29 is 23.9 Å². The van der Waals surface area contributed by atoms with Gasteiger partial charge in [-0.2, -0.15) is 0 Å². The second kappa shape index (κ2) is 16.3. The van der Waals surface area contributed by atoms with Gasteiger partial charge in [0, 0.05) is 27.7 Å². The van der Waals surface area contributed by atoms with Gasteiger partial charge in [-0.3, -0.25) is 57.3 Å². The van der Waals surface area contributed by atoms with E-state index in [4.69, 9.17) is 4.74 Å². The zero-order chi connectivity index (χ0) is 43.1. The second-order valence-electron chi connectivity index (χ2n) is 17.0. The standard InChI is InChI=1S/C21H24N2O4.C12H10O.C11H12N2O4.C2H6/c1-20(2)6-5-7-21(3,10-20)11-23-18(26)14-8-12-13(9-15(14)19(23)27)17(25)22(4)16(12)24;1-3-7-11(8-4-1)13-12-9-5-2-6-10-12;1-12-8(14)4-3-5-7(6(4)10(12)16)11(17)13(2)9(5)15;1-2/h8-9H,5-7,10-11H2,1-4H3;1-10H;4-7H,3H2,1-2H3;1-2H3. The lowest BCUT2D eigenvalue weighted by Gasteiger charge is -2.42. The fourth-order valence-corrected chi connectivity index (χ4v) is 9.63. The monoisotopic (exact) mass is 804 g/mol. The maximum Gasteiger partial charge on any atom is 0.261 e. The molecule has 0 radical (unpaired) electrons. The smallest absolute Gasteiger partial charge is 0.261 e. The van der Waals surface area contributed by atoms with E-state index in [2.05, 4.69) is 20.8 Å². The summed E-state index contributed by atoms with van der Waals surface area (Å²) in [7, 11) is 4.27. The molecule has 310 valence electrons. The maximum absolute atomic E-state index is 12.9. The van der Waals surface area contributed by atoms with Crippen LogP contribution in [0.2, 0.25) is 0 Å². The van der Waals surface area contributed by atoms with Gasteiger partial charge in [0.25, 0.3) is 22.2 Å². The van der Waals surface area contributed by atoms with Gasteiger partial charge in [-0.15, -0.1) is 0 Å². The van der Waals surface area contributed by atoms with Crippen LogP contribution in [0, 0.1) is 34.5 Å². The van der Waals surface area contributed by atoms with Crippen LogP contribution in [-0.4, -0.2) is 56.7 Å². The summed E-state index contributed by atoms with van der Waals surface area (Å²) < 4.78 is 7.90. The van der Waals surface area contributed by atoms with Crippen LogP contribution in [0.25, 0.3) is 21.5 Å². The Bertz CT molecular complexity index is 2480. The van der Waals surface area contributed by atoms with Crippen molar-refractivity contribution >= 4 is 45.2 Å². The average Bonchev–Trinajstić information content (AvgIpc) is 3.91. The van der Waals surface area contributed by atoms with E-state index in [-0.39, 0.29) is 67.1 Å². The van der Waals surface area contributed by atoms with Gasteiger partial charge in [-0.05, 0) is 72.9 Å². The summed E-state index contributed by atoms with van der Waals surface area (Å²) in [6.45, 7) is 11.0. The molecule has 5 aromatic rings. The first-order valence-electron chi connectivity index (χ1n) is 20.2. The van der Waals surface area contributed by atoms with Crippen LogP contribution in [0.5, 0.6) is 11.5 Å². The van der Waals surface area contributed by atoms with Gasteiger partial charge < -0.3 is 4.74 Å². The third-order valence-corrected chi connectivity index (χ3v) is 12.3. The highest BCUT2D eigenvalue weighted by atomic mass is 16.5. The van der Waals surface area contributed by atoms with E-state index in [1.54, 1.807) is 0 Å². The van der Waals surface area contributed by atoms with Gasteiger partial charge in [-0.1, -0.05) is 77.4 Å². The minimum absolute atomic E-state index is 0.121. The van der Waals surface area contributed by atoms with Crippen molar-refractivity contribution in [3.8, 4) is 11.5 Å². The number of likely N-dealkylation sites (tertiary alicyclic amines) is 2. The number of benzene rings is 3. The average molecular weight is 805 g/mol. The number of hydrogen-bond donors (Lipinski definition) is 0. The first-order chi connectivity index (χ1) is 27.9. The number of para-hydroxylation sites is 2. The normalized spacial score (nSPS) is 24.2.